The van der Waals surface area contributed by atoms with E-state index < -0.39 is 17.6 Å². The second-order valence-corrected chi connectivity index (χ2v) is 9.00. The maximum absolute atomic E-state index is 12.6. The van der Waals surface area contributed by atoms with Gasteiger partial charge in [0.25, 0.3) is 5.91 Å². The number of alkyl halides is 3. The van der Waals surface area contributed by atoms with Crippen molar-refractivity contribution in [1.82, 2.24) is 10.2 Å². The fraction of sp³-hybridized carbons (Fsp3) is 0.0909. The first kappa shape index (κ1) is 22.7. The number of carbonyl (C=O) groups excluding carboxylic acids is 2. The van der Waals surface area contributed by atoms with Crippen molar-refractivity contribution in [2.45, 2.75) is 10.5 Å². The second kappa shape index (κ2) is 9.59. The third-order valence-electron chi connectivity index (χ3n) is 4.46. The average Bonchev–Trinajstić information content (AvgIpc) is 3.24. The molecule has 0 unspecified atom stereocenters. The highest BCUT2D eigenvalue weighted by atomic mass is 32.2. The summed E-state index contributed by atoms with van der Waals surface area (Å²) >= 11 is 2.22. The van der Waals surface area contributed by atoms with Crippen LogP contribution in [0.25, 0.3) is 10.8 Å². The van der Waals surface area contributed by atoms with E-state index >= 15 is 0 Å². The number of aromatic nitrogens is 2. The Labute approximate surface area is 194 Å². The number of nitrogens with zero attached hydrogens (tertiary/aromatic N) is 2. The fourth-order valence-electron chi connectivity index (χ4n) is 2.89. The van der Waals surface area contributed by atoms with Crippen molar-refractivity contribution >= 4 is 56.5 Å². The molecule has 33 heavy (non-hydrogen) atoms. The minimum Gasteiger partial charge on any atom is -0.325 e. The Balaban J connectivity index is 1.30. The van der Waals surface area contributed by atoms with Gasteiger partial charge in [-0.3, -0.25) is 14.9 Å². The third-order valence-corrected chi connectivity index (χ3v) is 6.43. The number of halogens is 3. The summed E-state index contributed by atoms with van der Waals surface area (Å²) < 4.78 is 38.3. The number of hydrogen-bond acceptors (Lipinski definition) is 6. The van der Waals surface area contributed by atoms with Crippen LogP contribution in [0.1, 0.15) is 15.9 Å². The quantitative estimate of drug-likeness (QED) is 0.269. The highest BCUT2D eigenvalue weighted by Gasteiger charge is 2.30. The summed E-state index contributed by atoms with van der Waals surface area (Å²) in [6.07, 6.45) is -4.43. The van der Waals surface area contributed by atoms with E-state index in [1.807, 2.05) is 30.3 Å². The van der Waals surface area contributed by atoms with E-state index in [2.05, 4.69) is 20.8 Å². The van der Waals surface area contributed by atoms with Crippen LogP contribution in [0, 0.1) is 0 Å². The van der Waals surface area contributed by atoms with E-state index in [0.29, 0.717) is 15.0 Å². The van der Waals surface area contributed by atoms with Crippen LogP contribution in [0.5, 0.6) is 0 Å². The molecule has 0 aliphatic heterocycles. The number of nitrogens with one attached hydrogen (secondary N) is 2. The molecule has 0 aliphatic rings. The maximum Gasteiger partial charge on any atom is 0.416 e. The molecule has 168 valence electrons. The van der Waals surface area contributed by atoms with Crippen LogP contribution in [0.15, 0.2) is 71.1 Å². The van der Waals surface area contributed by atoms with E-state index in [4.69, 9.17) is 0 Å². The Morgan fingerprint density at radius 1 is 0.909 bits per heavy atom. The van der Waals surface area contributed by atoms with E-state index in [9.17, 15) is 22.8 Å². The van der Waals surface area contributed by atoms with Gasteiger partial charge in [0.1, 0.15) is 0 Å². The number of hydrogen-bond donors (Lipinski definition) is 2. The predicted molar refractivity (Wildman–Crippen MR) is 123 cm³/mol. The molecule has 2 N–H and O–H groups in total. The summed E-state index contributed by atoms with van der Waals surface area (Å²) in [7, 11) is 0. The van der Waals surface area contributed by atoms with Crippen molar-refractivity contribution < 1.29 is 22.8 Å². The Bertz CT molecular complexity index is 1310. The molecule has 4 rings (SSSR count). The normalized spacial score (nSPS) is 11.4. The molecule has 1 heterocycles. The lowest BCUT2D eigenvalue weighted by atomic mass is 10.1. The monoisotopic (exact) mass is 488 g/mol. The minimum absolute atomic E-state index is 0.0196. The molecule has 0 radical (unpaired) electrons. The summed E-state index contributed by atoms with van der Waals surface area (Å²) in [5, 5.41) is 15.3. The van der Waals surface area contributed by atoms with E-state index in [0.717, 1.165) is 46.0 Å². The topological polar surface area (TPSA) is 84.0 Å². The van der Waals surface area contributed by atoms with Crippen LogP contribution >= 0.6 is 23.1 Å². The average molecular weight is 489 g/mol. The van der Waals surface area contributed by atoms with Gasteiger partial charge in [-0.05, 0) is 47.2 Å². The van der Waals surface area contributed by atoms with Gasteiger partial charge >= 0.3 is 6.18 Å². The van der Waals surface area contributed by atoms with Gasteiger partial charge in [0, 0.05) is 11.3 Å². The zero-order chi connectivity index (χ0) is 23.4. The number of carbonyl (C=O) groups is 2. The summed E-state index contributed by atoms with van der Waals surface area (Å²) in [6, 6.07) is 17.2. The first-order chi connectivity index (χ1) is 15.8. The van der Waals surface area contributed by atoms with Crippen molar-refractivity contribution in [3.63, 3.8) is 0 Å². The molecule has 0 atom stereocenters. The van der Waals surface area contributed by atoms with Gasteiger partial charge in [-0.2, -0.15) is 13.2 Å². The van der Waals surface area contributed by atoms with Gasteiger partial charge in [-0.15, -0.1) is 10.2 Å². The van der Waals surface area contributed by atoms with Gasteiger partial charge < -0.3 is 5.32 Å². The Morgan fingerprint density at radius 3 is 2.36 bits per heavy atom. The number of fused-ring (bicyclic) bond motifs is 1. The van der Waals surface area contributed by atoms with Crippen molar-refractivity contribution in [3.8, 4) is 0 Å². The Kier molecular flexibility index (Phi) is 6.61. The molecule has 0 bridgehead atoms. The van der Waals surface area contributed by atoms with Crippen molar-refractivity contribution in [2.24, 2.45) is 0 Å². The molecule has 0 spiro atoms. The lowest BCUT2D eigenvalue weighted by Crippen LogP contribution is -2.14. The molecule has 6 nitrogen and oxygen atoms in total. The SMILES string of the molecule is O=C(CSc1nnc(NC(=O)c2ccc3ccccc3c2)s1)Nc1ccc(C(F)(F)F)cc1. The van der Waals surface area contributed by atoms with Gasteiger partial charge in [0.05, 0.1) is 11.3 Å². The van der Waals surface area contributed by atoms with Crippen LogP contribution in [0.2, 0.25) is 0 Å². The zero-order valence-corrected chi connectivity index (χ0v) is 18.4. The Morgan fingerprint density at radius 2 is 1.64 bits per heavy atom. The van der Waals surface area contributed by atoms with Gasteiger partial charge in [0.2, 0.25) is 11.0 Å². The molecule has 2 amide bonds. The second-order valence-electron chi connectivity index (χ2n) is 6.80. The summed E-state index contributed by atoms with van der Waals surface area (Å²) in [4.78, 5) is 24.6. The molecule has 0 saturated carbocycles. The van der Waals surface area contributed by atoms with Crippen LogP contribution in [-0.4, -0.2) is 27.8 Å². The number of amides is 2. The molecule has 0 fully saturated rings. The summed E-state index contributed by atoms with van der Waals surface area (Å²) in [5.74, 6) is -0.751. The predicted octanol–water partition coefficient (Wildman–Crippen LogP) is 5.69. The van der Waals surface area contributed by atoms with Crippen LogP contribution in [0.3, 0.4) is 0 Å². The van der Waals surface area contributed by atoms with E-state index in [1.54, 1.807) is 12.1 Å². The molecule has 1 aromatic heterocycles. The molecule has 11 heteroatoms. The van der Waals surface area contributed by atoms with Crippen molar-refractivity contribution in [3.05, 3.63) is 77.9 Å². The first-order valence-corrected chi connectivity index (χ1v) is 11.3. The zero-order valence-electron chi connectivity index (χ0n) is 16.7. The number of benzene rings is 3. The lowest BCUT2D eigenvalue weighted by molar-refractivity contribution is -0.137. The summed E-state index contributed by atoms with van der Waals surface area (Å²) in [5.41, 5.74) is -0.0507. The molecule has 4 aromatic rings. The van der Waals surface area contributed by atoms with Crippen molar-refractivity contribution in [2.75, 3.05) is 16.4 Å². The van der Waals surface area contributed by atoms with Crippen molar-refractivity contribution in [1.29, 1.82) is 0 Å². The number of anilines is 2. The van der Waals surface area contributed by atoms with Gasteiger partial charge in [-0.25, -0.2) is 0 Å². The number of thioether (sulfide) groups is 1. The molecule has 0 aliphatic carbocycles. The van der Waals surface area contributed by atoms with Gasteiger partial charge in [0.15, 0.2) is 4.34 Å². The van der Waals surface area contributed by atoms with Crippen LogP contribution in [-0.2, 0) is 11.0 Å². The highest BCUT2D eigenvalue weighted by Crippen LogP contribution is 2.30. The van der Waals surface area contributed by atoms with E-state index in [-0.39, 0.29) is 17.3 Å². The smallest absolute Gasteiger partial charge is 0.325 e. The standard InChI is InChI=1S/C22H15F3N4O2S2/c23-22(24,25)16-7-9-17(10-8-16)26-18(30)12-32-21-29-28-20(33-21)27-19(31)15-6-5-13-3-1-2-4-14(13)11-15/h1-11H,12H2,(H,26,30)(H,27,28,31). The molecule has 3 aromatic carbocycles. The molecular formula is C22H15F3N4O2S2. The minimum atomic E-state index is -4.43. The maximum atomic E-state index is 12.6. The van der Waals surface area contributed by atoms with Crippen LogP contribution < -0.4 is 10.6 Å². The fourth-order valence-corrected chi connectivity index (χ4v) is 4.43. The number of rotatable bonds is 6. The largest absolute Gasteiger partial charge is 0.416 e. The highest BCUT2D eigenvalue weighted by molar-refractivity contribution is 8.01. The summed E-state index contributed by atoms with van der Waals surface area (Å²) in [6.45, 7) is 0. The molecular weight excluding hydrogens is 473 g/mol. The first-order valence-electron chi connectivity index (χ1n) is 9.51. The lowest BCUT2D eigenvalue weighted by Gasteiger charge is -2.08. The van der Waals surface area contributed by atoms with Crippen LogP contribution in [0.4, 0.5) is 24.0 Å². The van der Waals surface area contributed by atoms with E-state index in [1.165, 1.54) is 12.1 Å². The van der Waals surface area contributed by atoms with Gasteiger partial charge in [-0.1, -0.05) is 53.4 Å². The molecule has 0 saturated heterocycles. The Hall–Kier alpha value is -3.44. The third kappa shape index (κ3) is 5.88.